The van der Waals surface area contributed by atoms with E-state index < -0.39 is 0 Å². The first-order chi connectivity index (χ1) is 10.2. The fourth-order valence-corrected chi connectivity index (χ4v) is 3.57. The van der Waals surface area contributed by atoms with Gasteiger partial charge in [0.2, 0.25) is 0 Å². The third-order valence-corrected chi connectivity index (χ3v) is 5.05. The van der Waals surface area contributed by atoms with Crippen molar-refractivity contribution in [3.63, 3.8) is 0 Å². The first-order valence-electron chi connectivity index (χ1n) is 8.54. The van der Waals surface area contributed by atoms with Gasteiger partial charge < -0.3 is 0 Å². The number of carbonyl (C=O) groups is 1. The van der Waals surface area contributed by atoms with Crippen LogP contribution in [-0.4, -0.2) is 5.78 Å². The predicted molar refractivity (Wildman–Crippen MR) is 89.5 cm³/mol. The molecule has 0 bridgehead atoms. The number of hydrogen-bond acceptors (Lipinski definition) is 1. The second kappa shape index (κ2) is 7.59. The van der Waals surface area contributed by atoms with Crippen LogP contribution in [0, 0.1) is 0 Å². The summed E-state index contributed by atoms with van der Waals surface area (Å²) >= 11 is 0. The summed E-state index contributed by atoms with van der Waals surface area (Å²) in [5, 5.41) is 0. The summed E-state index contributed by atoms with van der Waals surface area (Å²) in [7, 11) is 0. The summed E-state index contributed by atoms with van der Waals surface area (Å²) in [6, 6.07) is 10.4. The lowest BCUT2D eigenvalue weighted by atomic mass is 9.69. The van der Waals surface area contributed by atoms with Gasteiger partial charge in [-0.25, -0.2) is 0 Å². The van der Waals surface area contributed by atoms with Crippen molar-refractivity contribution in [2.75, 3.05) is 0 Å². The lowest BCUT2D eigenvalue weighted by molar-refractivity contribution is -0.121. The van der Waals surface area contributed by atoms with Gasteiger partial charge in [0.15, 0.2) is 5.78 Å². The molecule has 1 aliphatic carbocycles. The van der Waals surface area contributed by atoms with Crippen LogP contribution in [0.3, 0.4) is 0 Å². The van der Waals surface area contributed by atoms with Gasteiger partial charge in [0, 0.05) is 0 Å². The van der Waals surface area contributed by atoms with Crippen LogP contribution in [0.1, 0.15) is 70.8 Å². The van der Waals surface area contributed by atoms with Crippen LogP contribution in [0.2, 0.25) is 0 Å². The molecule has 0 amide bonds. The van der Waals surface area contributed by atoms with Crippen molar-refractivity contribution < 1.29 is 4.79 Å². The molecular formula is C20H28O. The summed E-state index contributed by atoms with van der Waals surface area (Å²) in [5.41, 5.74) is 1.94. The molecule has 2 rings (SSSR count). The van der Waals surface area contributed by atoms with E-state index in [1.54, 1.807) is 0 Å². The Balaban J connectivity index is 2.35. The van der Waals surface area contributed by atoms with E-state index in [-0.39, 0.29) is 5.41 Å². The van der Waals surface area contributed by atoms with E-state index in [2.05, 4.69) is 44.2 Å². The van der Waals surface area contributed by atoms with Crippen molar-refractivity contribution in [1.29, 1.82) is 0 Å². The minimum atomic E-state index is -0.327. The summed E-state index contributed by atoms with van der Waals surface area (Å²) < 4.78 is 0. The Bertz CT molecular complexity index is 480. The normalized spacial score (nSPS) is 19.2. The number of hydrogen-bond donors (Lipinski definition) is 0. The molecule has 0 saturated carbocycles. The Kier molecular flexibility index (Phi) is 5.78. The predicted octanol–water partition coefficient (Wildman–Crippen LogP) is 5.59. The lowest BCUT2D eigenvalue weighted by Crippen LogP contribution is -2.36. The highest BCUT2D eigenvalue weighted by atomic mass is 16.1. The van der Waals surface area contributed by atoms with Crippen molar-refractivity contribution in [3.05, 3.63) is 47.5 Å². The molecule has 0 aliphatic heterocycles. The van der Waals surface area contributed by atoms with Crippen molar-refractivity contribution in [3.8, 4) is 0 Å². The second-order valence-corrected chi connectivity index (χ2v) is 6.17. The van der Waals surface area contributed by atoms with Gasteiger partial charge in [-0.1, -0.05) is 63.1 Å². The maximum atomic E-state index is 13.3. The Morgan fingerprint density at radius 1 is 1.00 bits per heavy atom. The standard InChI is InChI=1S/C20H28O/c1-3-20(4-2,18-15-11-8-12-16-18)19(21)17-13-9-6-5-7-10-14-17/h8,11-13,15-16H,3-7,9-10,14H2,1-2H3/b17-13+. The second-order valence-electron chi connectivity index (χ2n) is 6.17. The van der Waals surface area contributed by atoms with E-state index >= 15 is 0 Å². The zero-order valence-electron chi connectivity index (χ0n) is 13.5. The van der Waals surface area contributed by atoms with E-state index in [9.17, 15) is 4.79 Å². The van der Waals surface area contributed by atoms with Crippen LogP contribution in [0.5, 0.6) is 0 Å². The van der Waals surface area contributed by atoms with Crippen molar-refractivity contribution in [2.24, 2.45) is 0 Å². The number of rotatable bonds is 5. The minimum absolute atomic E-state index is 0.327. The molecule has 1 nitrogen and oxygen atoms in total. The van der Waals surface area contributed by atoms with Crippen LogP contribution >= 0.6 is 0 Å². The molecule has 0 unspecified atom stereocenters. The monoisotopic (exact) mass is 284 g/mol. The SMILES string of the molecule is CCC(CC)(C(=O)/C1=C/CCCCCC1)c1ccccc1. The van der Waals surface area contributed by atoms with Crippen LogP contribution in [0.15, 0.2) is 42.0 Å². The number of benzene rings is 1. The highest BCUT2D eigenvalue weighted by Crippen LogP contribution is 2.36. The van der Waals surface area contributed by atoms with E-state index in [0.29, 0.717) is 5.78 Å². The molecule has 114 valence electrons. The molecule has 1 aromatic rings. The van der Waals surface area contributed by atoms with E-state index in [0.717, 1.165) is 37.7 Å². The van der Waals surface area contributed by atoms with Gasteiger partial charge in [-0.2, -0.15) is 0 Å². The van der Waals surface area contributed by atoms with Crippen molar-refractivity contribution in [1.82, 2.24) is 0 Å². The highest BCUT2D eigenvalue weighted by molar-refractivity contribution is 6.03. The smallest absolute Gasteiger partial charge is 0.169 e. The minimum Gasteiger partial charge on any atom is -0.294 e. The third-order valence-electron chi connectivity index (χ3n) is 5.05. The number of ketones is 1. The maximum Gasteiger partial charge on any atom is 0.169 e. The molecule has 0 atom stereocenters. The molecule has 0 heterocycles. The average Bonchev–Trinajstić information content (AvgIpc) is 2.50. The molecule has 21 heavy (non-hydrogen) atoms. The van der Waals surface area contributed by atoms with Crippen LogP contribution in [0.4, 0.5) is 0 Å². The van der Waals surface area contributed by atoms with Gasteiger partial charge in [-0.3, -0.25) is 4.79 Å². The van der Waals surface area contributed by atoms with Crippen molar-refractivity contribution in [2.45, 2.75) is 70.6 Å². The van der Waals surface area contributed by atoms with Gasteiger partial charge in [-0.05, 0) is 49.7 Å². The first-order valence-corrected chi connectivity index (χ1v) is 8.54. The number of carbonyl (C=O) groups excluding carboxylic acids is 1. The van der Waals surface area contributed by atoms with Gasteiger partial charge in [0.1, 0.15) is 0 Å². The van der Waals surface area contributed by atoms with E-state index in [4.69, 9.17) is 0 Å². The first kappa shape index (κ1) is 16.0. The van der Waals surface area contributed by atoms with Gasteiger partial charge in [0.05, 0.1) is 5.41 Å². The third kappa shape index (κ3) is 3.45. The molecule has 1 heteroatoms. The fourth-order valence-electron chi connectivity index (χ4n) is 3.57. The van der Waals surface area contributed by atoms with E-state index in [1.165, 1.54) is 24.8 Å². The quantitative estimate of drug-likeness (QED) is 0.688. The Hall–Kier alpha value is -1.37. The summed E-state index contributed by atoms with van der Waals surface area (Å²) in [4.78, 5) is 13.3. The Morgan fingerprint density at radius 2 is 1.67 bits per heavy atom. The summed E-state index contributed by atoms with van der Waals surface area (Å²) in [5.74, 6) is 0.376. The molecule has 0 spiro atoms. The molecule has 1 aliphatic rings. The molecule has 0 aromatic heterocycles. The van der Waals surface area contributed by atoms with Gasteiger partial charge >= 0.3 is 0 Å². The van der Waals surface area contributed by atoms with Crippen LogP contribution in [-0.2, 0) is 10.2 Å². The summed E-state index contributed by atoms with van der Waals surface area (Å²) in [6.45, 7) is 4.30. The molecule has 1 aromatic carbocycles. The molecule has 0 N–H and O–H groups in total. The Labute approximate surface area is 129 Å². The zero-order valence-corrected chi connectivity index (χ0v) is 13.5. The lowest BCUT2D eigenvalue weighted by Gasteiger charge is -2.32. The van der Waals surface area contributed by atoms with Crippen molar-refractivity contribution >= 4 is 5.78 Å². The van der Waals surface area contributed by atoms with E-state index in [1.807, 2.05) is 6.07 Å². The molecule has 0 fully saturated rings. The van der Waals surface area contributed by atoms with Gasteiger partial charge in [0.25, 0.3) is 0 Å². The summed E-state index contributed by atoms with van der Waals surface area (Å²) in [6.07, 6.45) is 11.0. The van der Waals surface area contributed by atoms with Gasteiger partial charge in [-0.15, -0.1) is 0 Å². The number of allylic oxidation sites excluding steroid dienone is 2. The molecular weight excluding hydrogens is 256 g/mol. The Morgan fingerprint density at radius 3 is 2.33 bits per heavy atom. The van der Waals surface area contributed by atoms with Crippen LogP contribution in [0.25, 0.3) is 0 Å². The van der Waals surface area contributed by atoms with Crippen LogP contribution < -0.4 is 0 Å². The maximum absolute atomic E-state index is 13.3. The fraction of sp³-hybridized carbons (Fsp3) is 0.550. The largest absolute Gasteiger partial charge is 0.294 e. The average molecular weight is 284 g/mol. The molecule has 0 saturated heterocycles. The highest BCUT2D eigenvalue weighted by Gasteiger charge is 2.37. The topological polar surface area (TPSA) is 17.1 Å². The molecule has 0 radical (unpaired) electrons. The zero-order chi connectivity index (χ0) is 15.1. The number of Topliss-reactive ketones (excluding diaryl/α,β-unsaturated/α-hetero) is 1.